The SMILES string of the molecule is CCN(Cc1ccccc1)c1nc(C(C)O)cs1. The Labute approximate surface area is 112 Å². The van der Waals surface area contributed by atoms with Crippen molar-refractivity contribution in [3.63, 3.8) is 0 Å². The van der Waals surface area contributed by atoms with Gasteiger partial charge in [-0.05, 0) is 19.4 Å². The molecule has 2 rings (SSSR count). The fraction of sp³-hybridized carbons (Fsp3) is 0.357. The number of hydrogen-bond donors (Lipinski definition) is 1. The fourth-order valence-electron chi connectivity index (χ4n) is 1.73. The molecule has 1 unspecified atom stereocenters. The summed E-state index contributed by atoms with van der Waals surface area (Å²) in [6, 6.07) is 10.4. The first kappa shape index (κ1) is 13.1. The highest BCUT2D eigenvalue weighted by Gasteiger charge is 2.12. The smallest absolute Gasteiger partial charge is 0.185 e. The van der Waals surface area contributed by atoms with Crippen LogP contribution in [0.3, 0.4) is 0 Å². The highest BCUT2D eigenvalue weighted by molar-refractivity contribution is 7.13. The lowest BCUT2D eigenvalue weighted by Crippen LogP contribution is -2.21. The minimum Gasteiger partial charge on any atom is -0.387 e. The Bertz CT molecular complexity index is 482. The van der Waals surface area contributed by atoms with Gasteiger partial charge in [-0.3, -0.25) is 0 Å². The second kappa shape index (κ2) is 5.98. The van der Waals surface area contributed by atoms with Gasteiger partial charge in [-0.1, -0.05) is 30.3 Å². The molecule has 1 aromatic heterocycles. The van der Waals surface area contributed by atoms with Crippen LogP contribution in [0.5, 0.6) is 0 Å². The van der Waals surface area contributed by atoms with Crippen molar-refractivity contribution in [3.8, 4) is 0 Å². The maximum Gasteiger partial charge on any atom is 0.185 e. The predicted molar refractivity (Wildman–Crippen MR) is 75.9 cm³/mol. The van der Waals surface area contributed by atoms with Gasteiger partial charge < -0.3 is 10.0 Å². The van der Waals surface area contributed by atoms with Gasteiger partial charge in [0.05, 0.1) is 11.8 Å². The van der Waals surface area contributed by atoms with Crippen molar-refractivity contribution >= 4 is 16.5 Å². The van der Waals surface area contributed by atoms with Crippen molar-refractivity contribution in [2.45, 2.75) is 26.5 Å². The van der Waals surface area contributed by atoms with Crippen LogP contribution in [0.25, 0.3) is 0 Å². The van der Waals surface area contributed by atoms with Crippen LogP contribution in [0, 0.1) is 0 Å². The molecule has 96 valence electrons. The summed E-state index contributed by atoms with van der Waals surface area (Å²) in [4.78, 5) is 6.69. The van der Waals surface area contributed by atoms with Crippen LogP contribution < -0.4 is 4.90 Å². The molecule has 1 aromatic carbocycles. The molecule has 4 heteroatoms. The molecule has 0 radical (unpaired) electrons. The zero-order valence-electron chi connectivity index (χ0n) is 10.7. The Morgan fingerprint density at radius 3 is 2.61 bits per heavy atom. The molecule has 1 atom stereocenters. The van der Waals surface area contributed by atoms with Gasteiger partial charge >= 0.3 is 0 Å². The molecular formula is C14H18N2OS. The standard InChI is InChI=1S/C14H18N2OS/c1-3-16(9-12-7-5-4-6-8-12)14-15-13(10-18-14)11(2)17/h4-8,10-11,17H,3,9H2,1-2H3. The molecule has 3 nitrogen and oxygen atoms in total. The highest BCUT2D eigenvalue weighted by atomic mass is 32.1. The molecule has 1 N–H and O–H groups in total. The van der Waals surface area contributed by atoms with E-state index in [1.54, 1.807) is 18.3 Å². The number of benzene rings is 1. The number of aromatic nitrogens is 1. The van der Waals surface area contributed by atoms with Crippen LogP contribution in [-0.2, 0) is 6.54 Å². The predicted octanol–water partition coefficient (Wildman–Crippen LogP) is 3.22. The molecule has 0 saturated carbocycles. The quantitative estimate of drug-likeness (QED) is 0.898. The number of thiazole rings is 1. The third-order valence-electron chi connectivity index (χ3n) is 2.81. The zero-order chi connectivity index (χ0) is 13.0. The van der Waals surface area contributed by atoms with Gasteiger partial charge in [0.1, 0.15) is 0 Å². The second-order valence-corrected chi connectivity index (χ2v) is 5.07. The molecule has 1 heterocycles. The van der Waals surface area contributed by atoms with Gasteiger partial charge in [-0.2, -0.15) is 0 Å². The number of aliphatic hydroxyl groups excluding tert-OH is 1. The number of anilines is 1. The normalized spacial score (nSPS) is 12.4. The molecule has 0 bridgehead atoms. The van der Waals surface area contributed by atoms with E-state index in [0.29, 0.717) is 0 Å². The van der Waals surface area contributed by atoms with Gasteiger partial charge in [0.15, 0.2) is 5.13 Å². The lowest BCUT2D eigenvalue weighted by Gasteiger charge is -2.19. The number of nitrogens with zero attached hydrogens (tertiary/aromatic N) is 2. The molecule has 0 aliphatic carbocycles. The van der Waals surface area contributed by atoms with E-state index in [4.69, 9.17) is 0 Å². The summed E-state index contributed by atoms with van der Waals surface area (Å²) in [5.74, 6) is 0. The van der Waals surface area contributed by atoms with Gasteiger partial charge in [0, 0.05) is 18.5 Å². The van der Waals surface area contributed by atoms with Crippen molar-refractivity contribution < 1.29 is 5.11 Å². The van der Waals surface area contributed by atoms with Crippen LogP contribution in [-0.4, -0.2) is 16.6 Å². The average molecular weight is 262 g/mol. The maximum atomic E-state index is 9.51. The van der Waals surface area contributed by atoms with E-state index >= 15 is 0 Å². The molecule has 0 aliphatic heterocycles. The van der Waals surface area contributed by atoms with Crippen molar-refractivity contribution in [3.05, 3.63) is 47.0 Å². The number of hydrogen-bond acceptors (Lipinski definition) is 4. The minimum absolute atomic E-state index is 0.495. The topological polar surface area (TPSA) is 36.4 Å². The summed E-state index contributed by atoms with van der Waals surface area (Å²) >= 11 is 1.58. The Balaban J connectivity index is 2.13. The number of rotatable bonds is 5. The van der Waals surface area contributed by atoms with Gasteiger partial charge in [0.2, 0.25) is 0 Å². The second-order valence-electron chi connectivity index (χ2n) is 4.23. The van der Waals surface area contributed by atoms with Crippen molar-refractivity contribution in [2.24, 2.45) is 0 Å². The Morgan fingerprint density at radius 1 is 1.33 bits per heavy atom. The molecule has 0 fully saturated rings. The summed E-state index contributed by atoms with van der Waals surface area (Å²) in [5, 5.41) is 12.4. The highest BCUT2D eigenvalue weighted by Crippen LogP contribution is 2.25. The van der Waals surface area contributed by atoms with E-state index in [-0.39, 0.29) is 0 Å². The summed E-state index contributed by atoms with van der Waals surface area (Å²) in [5.41, 5.74) is 2.02. The lowest BCUT2D eigenvalue weighted by atomic mass is 10.2. The maximum absolute atomic E-state index is 9.51. The third-order valence-corrected chi connectivity index (χ3v) is 3.73. The molecule has 0 saturated heterocycles. The summed E-state index contributed by atoms with van der Waals surface area (Å²) in [6.07, 6.45) is -0.495. The van der Waals surface area contributed by atoms with E-state index in [1.165, 1.54) is 5.56 Å². The summed E-state index contributed by atoms with van der Waals surface area (Å²) in [7, 11) is 0. The monoisotopic (exact) mass is 262 g/mol. The molecule has 0 aliphatic rings. The van der Waals surface area contributed by atoms with E-state index in [1.807, 2.05) is 23.6 Å². The van der Waals surface area contributed by atoms with E-state index in [2.05, 4.69) is 28.9 Å². The molecule has 0 spiro atoms. The van der Waals surface area contributed by atoms with Crippen molar-refractivity contribution in [1.82, 2.24) is 4.98 Å². The number of aliphatic hydroxyl groups is 1. The van der Waals surface area contributed by atoms with Crippen molar-refractivity contribution in [1.29, 1.82) is 0 Å². The van der Waals surface area contributed by atoms with Crippen LogP contribution in [0.15, 0.2) is 35.7 Å². The molecule has 2 aromatic rings. The Kier molecular flexibility index (Phi) is 4.33. The van der Waals surface area contributed by atoms with E-state index in [9.17, 15) is 5.11 Å². The van der Waals surface area contributed by atoms with Crippen molar-refractivity contribution in [2.75, 3.05) is 11.4 Å². The largest absolute Gasteiger partial charge is 0.387 e. The Hall–Kier alpha value is -1.39. The lowest BCUT2D eigenvalue weighted by molar-refractivity contribution is 0.195. The molecule has 0 amide bonds. The van der Waals surface area contributed by atoms with Gasteiger partial charge in [0.25, 0.3) is 0 Å². The first-order valence-electron chi connectivity index (χ1n) is 6.13. The van der Waals surface area contributed by atoms with E-state index in [0.717, 1.165) is 23.9 Å². The fourth-order valence-corrected chi connectivity index (χ4v) is 2.71. The summed E-state index contributed by atoms with van der Waals surface area (Å²) < 4.78 is 0. The van der Waals surface area contributed by atoms with Crippen LogP contribution in [0.4, 0.5) is 5.13 Å². The van der Waals surface area contributed by atoms with Crippen LogP contribution in [0.2, 0.25) is 0 Å². The van der Waals surface area contributed by atoms with Gasteiger partial charge in [-0.25, -0.2) is 4.98 Å². The Morgan fingerprint density at radius 2 is 2.06 bits per heavy atom. The first-order chi connectivity index (χ1) is 8.70. The first-order valence-corrected chi connectivity index (χ1v) is 7.01. The molecular weight excluding hydrogens is 244 g/mol. The van der Waals surface area contributed by atoms with Crippen LogP contribution in [0.1, 0.15) is 31.2 Å². The molecule has 18 heavy (non-hydrogen) atoms. The summed E-state index contributed by atoms with van der Waals surface area (Å²) in [6.45, 7) is 5.62. The zero-order valence-corrected chi connectivity index (χ0v) is 11.5. The van der Waals surface area contributed by atoms with Gasteiger partial charge in [-0.15, -0.1) is 11.3 Å². The minimum atomic E-state index is -0.495. The van der Waals surface area contributed by atoms with Crippen LogP contribution >= 0.6 is 11.3 Å². The third kappa shape index (κ3) is 3.09. The van der Waals surface area contributed by atoms with E-state index < -0.39 is 6.10 Å². The average Bonchev–Trinajstić information content (AvgIpc) is 2.87.